The van der Waals surface area contributed by atoms with Crippen LogP contribution < -0.4 is 20.7 Å². The molecule has 0 bridgehead atoms. The van der Waals surface area contributed by atoms with E-state index in [1.807, 2.05) is 37.3 Å². The lowest BCUT2D eigenvalue weighted by molar-refractivity contribution is 0.102. The molecule has 7 nitrogen and oxygen atoms in total. The van der Waals surface area contributed by atoms with Gasteiger partial charge in [0, 0.05) is 33.4 Å². The van der Waals surface area contributed by atoms with Gasteiger partial charge < -0.3 is 15.2 Å². The van der Waals surface area contributed by atoms with Gasteiger partial charge in [0.05, 0.1) is 17.1 Å². The molecule has 2 N–H and O–H groups in total. The lowest BCUT2D eigenvalue weighted by Gasteiger charge is -2.39. The number of hydrogen-bond acceptors (Lipinski definition) is 6. The summed E-state index contributed by atoms with van der Waals surface area (Å²) in [6, 6.07) is 7.23. The third-order valence-corrected chi connectivity index (χ3v) is 5.27. The fraction of sp³-hybridized carbons (Fsp3) is 0.450. The first-order valence-electron chi connectivity index (χ1n) is 9.39. The van der Waals surface area contributed by atoms with Crippen LogP contribution in [0.5, 0.6) is 0 Å². The number of nitrogens with one attached hydrogen (secondary N) is 2. The number of nitrogens with zero attached hydrogens (tertiary/aromatic N) is 4. The van der Waals surface area contributed by atoms with Crippen molar-refractivity contribution in [3.63, 3.8) is 0 Å². The molecule has 150 valence electrons. The highest BCUT2D eigenvalue weighted by molar-refractivity contribution is 6.04. The zero-order chi connectivity index (χ0) is 20.3. The van der Waals surface area contributed by atoms with E-state index in [-0.39, 0.29) is 5.69 Å². The van der Waals surface area contributed by atoms with Crippen molar-refractivity contribution in [2.75, 3.05) is 42.4 Å². The molecule has 2 aromatic rings. The Balaban J connectivity index is 1.90. The maximum atomic E-state index is 13.3. The Kier molecular flexibility index (Phi) is 5.79. The highest BCUT2D eigenvalue weighted by Gasteiger charge is 2.27. The van der Waals surface area contributed by atoms with Gasteiger partial charge in [-0.05, 0) is 42.5 Å². The maximum absolute atomic E-state index is 13.3. The molecule has 0 atom stereocenters. The highest BCUT2D eigenvalue weighted by atomic mass is 19.1. The zero-order valence-corrected chi connectivity index (χ0v) is 16.8. The Labute approximate surface area is 164 Å². The molecule has 1 aliphatic rings. The normalized spacial score (nSPS) is 16.0. The summed E-state index contributed by atoms with van der Waals surface area (Å²) in [6.45, 7) is 6.37. The minimum absolute atomic E-state index is 0.00496. The molecule has 28 heavy (non-hydrogen) atoms. The number of hydrazine groups is 1. The maximum Gasteiger partial charge on any atom is 0.309 e. The molecule has 0 unspecified atom stereocenters. The van der Waals surface area contributed by atoms with E-state index < -0.39 is 12.0 Å². The molecule has 1 aliphatic heterocycles. The number of halogens is 1. The van der Waals surface area contributed by atoms with Crippen molar-refractivity contribution in [2.24, 2.45) is 5.41 Å². The van der Waals surface area contributed by atoms with Crippen molar-refractivity contribution in [3.8, 4) is 0 Å². The van der Waals surface area contributed by atoms with E-state index in [4.69, 9.17) is 0 Å². The summed E-state index contributed by atoms with van der Waals surface area (Å²) in [7, 11) is 3.78. The van der Waals surface area contributed by atoms with Gasteiger partial charge in [0.15, 0.2) is 0 Å². The molecular formula is C20H27FN6O. The smallest absolute Gasteiger partial charge is 0.309 e. The topological polar surface area (TPSA) is 73.4 Å². The molecule has 2 heterocycles. The fourth-order valence-electron chi connectivity index (χ4n) is 3.23. The first-order valence-corrected chi connectivity index (χ1v) is 9.39. The molecule has 0 saturated carbocycles. The summed E-state index contributed by atoms with van der Waals surface area (Å²) in [5.74, 6) is -0.463. The molecule has 0 radical (unpaired) electrons. The van der Waals surface area contributed by atoms with Gasteiger partial charge in [0.2, 0.25) is 0 Å². The number of hydrogen-bond donors (Lipinski definition) is 2. The number of carbonyl (C=O) groups excluding carboxylic acids is 1. The quantitative estimate of drug-likeness (QED) is 0.608. The highest BCUT2D eigenvalue weighted by Crippen LogP contribution is 2.37. The van der Waals surface area contributed by atoms with Gasteiger partial charge in [0.1, 0.15) is 5.69 Å². The van der Waals surface area contributed by atoms with Crippen molar-refractivity contribution in [1.82, 2.24) is 15.4 Å². The number of aromatic nitrogens is 2. The van der Waals surface area contributed by atoms with E-state index in [9.17, 15) is 9.18 Å². The van der Waals surface area contributed by atoms with Crippen LogP contribution in [0.2, 0.25) is 0 Å². The Morgan fingerprint density at radius 3 is 2.61 bits per heavy atom. The number of rotatable bonds is 5. The number of piperidine rings is 1. The van der Waals surface area contributed by atoms with Gasteiger partial charge in [-0.3, -0.25) is 4.79 Å². The van der Waals surface area contributed by atoms with Crippen LogP contribution in [0.1, 0.15) is 37.2 Å². The van der Waals surface area contributed by atoms with Crippen LogP contribution in [0.25, 0.3) is 0 Å². The first-order chi connectivity index (χ1) is 13.3. The van der Waals surface area contributed by atoms with Gasteiger partial charge in [-0.2, -0.15) is 9.37 Å². The van der Waals surface area contributed by atoms with Gasteiger partial charge in [0.25, 0.3) is 5.91 Å². The van der Waals surface area contributed by atoms with E-state index in [0.717, 1.165) is 37.3 Å². The summed E-state index contributed by atoms with van der Waals surface area (Å²) in [6.07, 6.45) is 2.46. The van der Waals surface area contributed by atoms with Gasteiger partial charge >= 0.3 is 6.08 Å². The van der Waals surface area contributed by atoms with Crippen molar-refractivity contribution in [3.05, 3.63) is 42.2 Å². The standard InChI is InChI=1S/C20H27FN6O/c1-20(2)8-11-27(12-9-20)17-13-14(26(4)22-3)5-6-15(17)24-18(28)16-7-10-23-19(21)25-16/h5-7,10,13,22H,8-9,11-12H2,1-4H3,(H,24,28). The third kappa shape index (κ3) is 4.56. The van der Waals surface area contributed by atoms with Crippen molar-refractivity contribution in [1.29, 1.82) is 0 Å². The van der Waals surface area contributed by atoms with Crippen molar-refractivity contribution < 1.29 is 9.18 Å². The van der Waals surface area contributed by atoms with Crippen LogP contribution in [-0.4, -0.2) is 43.1 Å². The third-order valence-electron chi connectivity index (χ3n) is 5.27. The molecular weight excluding hydrogens is 359 g/mol. The number of amides is 1. The summed E-state index contributed by atoms with van der Waals surface area (Å²) in [5.41, 5.74) is 6.00. The van der Waals surface area contributed by atoms with Gasteiger partial charge in [-0.15, -0.1) is 0 Å². The Morgan fingerprint density at radius 2 is 1.96 bits per heavy atom. The molecule has 3 rings (SSSR count). The predicted octanol–water partition coefficient (Wildman–Crippen LogP) is 3.07. The summed E-state index contributed by atoms with van der Waals surface area (Å²) in [4.78, 5) is 21.8. The van der Waals surface area contributed by atoms with Crippen molar-refractivity contribution >= 4 is 23.0 Å². The molecule has 0 aliphatic carbocycles. The lowest BCUT2D eigenvalue weighted by Crippen LogP contribution is -2.38. The van der Waals surface area contributed by atoms with Crippen LogP contribution in [0, 0.1) is 11.5 Å². The minimum atomic E-state index is -0.919. The molecule has 1 fully saturated rings. The van der Waals surface area contributed by atoms with E-state index in [2.05, 4.69) is 39.5 Å². The molecule has 1 aromatic heterocycles. The zero-order valence-electron chi connectivity index (χ0n) is 16.8. The second-order valence-electron chi connectivity index (χ2n) is 7.80. The minimum Gasteiger partial charge on any atom is -0.370 e. The molecule has 1 aromatic carbocycles. The van der Waals surface area contributed by atoms with E-state index in [0.29, 0.717) is 11.1 Å². The van der Waals surface area contributed by atoms with E-state index in [1.165, 1.54) is 12.3 Å². The predicted molar refractivity (Wildman–Crippen MR) is 109 cm³/mol. The van der Waals surface area contributed by atoms with Crippen LogP contribution in [0.3, 0.4) is 0 Å². The van der Waals surface area contributed by atoms with Crippen LogP contribution >= 0.6 is 0 Å². The summed E-state index contributed by atoms with van der Waals surface area (Å²) in [5, 5.41) is 4.79. The second kappa shape index (κ2) is 8.10. The Morgan fingerprint density at radius 1 is 1.25 bits per heavy atom. The first kappa shape index (κ1) is 20.0. The number of benzene rings is 1. The molecule has 0 spiro atoms. The van der Waals surface area contributed by atoms with E-state index in [1.54, 1.807) is 0 Å². The van der Waals surface area contributed by atoms with Crippen LogP contribution in [0.4, 0.5) is 21.5 Å². The molecule has 1 saturated heterocycles. The lowest BCUT2D eigenvalue weighted by atomic mass is 9.82. The Hall–Kier alpha value is -2.74. The number of anilines is 3. The van der Waals surface area contributed by atoms with Crippen LogP contribution in [-0.2, 0) is 0 Å². The van der Waals surface area contributed by atoms with Crippen molar-refractivity contribution in [2.45, 2.75) is 26.7 Å². The summed E-state index contributed by atoms with van der Waals surface area (Å²) >= 11 is 0. The van der Waals surface area contributed by atoms with Crippen LogP contribution in [0.15, 0.2) is 30.5 Å². The average molecular weight is 386 g/mol. The summed E-state index contributed by atoms with van der Waals surface area (Å²) < 4.78 is 13.3. The number of carbonyl (C=O) groups is 1. The molecule has 1 amide bonds. The average Bonchev–Trinajstić information content (AvgIpc) is 2.68. The van der Waals surface area contributed by atoms with E-state index >= 15 is 0 Å². The van der Waals surface area contributed by atoms with Gasteiger partial charge in [-0.25, -0.2) is 10.4 Å². The largest absolute Gasteiger partial charge is 0.370 e. The Bertz CT molecular complexity index is 846. The molecule has 8 heteroatoms. The monoisotopic (exact) mass is 386 g/mol. The van der Waals surface area contributed by atoms with Gasteiger partial charge in [-0.1, -0.05) is 13.8 Å². The SMILES string of the molecule is CNN(C)c1ccc(NC(=O)c2ccnc(F)n2)c(N2CCC(C)(C)CC2)c1. The second-order valence-corrected chi connectivity index (χ2v) is 7.80. The fourth-order valence-corrected chi connectivity index (χ4v) is 3.23.